The first kappa shape index (κ1) is 15.9. The van der Waals surface area contributed by atoms with Gasteiger partial charge in [-0.05, 0) is 42.5 Å². The molecule has 0 bridgehead atoms. The summed E-state index contributed by atoms with van der Waals surface area (Å²) < 4.78 is 15.7. The van der Waals surface area contributed by atoms with E-state index in [4.69, 9.17) is 14.2 Å². The Balaban J connectivity index is 1.75. The van der Waals surface area contributed by atoms with E-state index in [1.165, 1.54) is 25.6 Å². The normalized spacial score (nSPS) is 10.2. The molecule has 0 radical (unpaired) electrons. The maximum absolute atomic E-state index is 12.3. The molecule has 3 aromatic rings. The predicted octanol–water partition coefficient (Wildman–Crippen LogP) is 3.44. The van der Waals surface area contributed by atoms with Crippen LogP contribution in [-0.2, 0) is 0 Å². The second-order valence-corrected chi connectivity index (χ2v) is 5.56. The van der Waals surface area contributed by atoms with Crippen LogP contribution in [0.5, 0.6) is 17.2 Å². The quantitative estimate of drug-likeness (QED) is 0.522. The molecule has 6 nitrogen and oxygen atoms in total. The van der Waals surface area contributed by atoms with Crippen molar-refractivity contribution >= 4 is 17.3 Å². The number of ether oxygens (including phenoxy) is 3. The van der Waals surface area contributed by atoms with E-state index in [1.54, 1.807) is 35.8 Å². The van der Waals surface area contributed by atoms with Gasteiger partial charge in [0.25, 0.3) is 0 Å². The van der Waals surface area contributed by atoms with Crippen LogP contribution in [0.2, 0.25) is 0 Å². The van der Waals surface area contributed by atoms with Gasteiger partial charge >= 0.3 is 5.97 Å². The van der Waals surface area contributed by atoms with Crippen molar-refractivity contribution in [2.45, 2.75) is 0 Å². The zero-order chi connectivity index (χ0) is 16.9. The van der Waals surface area contributed by atoms with Crippen LogP contribution in [0.25, 0.3) is 10.6 Å². The third-order valence-corrected chi connectivity index (χ3v) is 4.03. The maximum Gasteiger partial charge on any atom is 0.343 e. The molecule has 122 valence electrons. The number of hydrogen-bond donors (Lipinski definition) is 0. The molecule has 0 spiro atoms. The molecule has 0 aliphatic carbocycles. The van der Waals surface area contributed by atoms with Gasteiger partial charge in [0.1, 0.15) is 16.3 Å². The van der Waals surface area contributed by atoms with E-state index in [9.17, 15) is 4.79 Å². The SMILES string of the molecule is COc1ccc(C(=O)Oc2ccc(-c3nncs3)cc2)cc1OC. The van der Waals surface area contributed by atoms with E-state index in [0.29, 0.717) is 22.8 Å². The molecule has 7 heteroatoms. The Morgan fingerprint density at radius 3 is 2.38 bits per heavy atom. The van der Waals surface area contributed by atoms with Gasteiger partial charge in [0.15, 0.2) is 11.5 Å². The monoisotopic (exact) mass is 342 g/mol. The summed E-state index contributed by atoms with van der Waals surface area (Å²) in [5, 5.41) is 8.61. The Kier molecular flexibility index (Phi) is 4.72. The smallest absolute Gasteiger partial charge is 0.343 e. The second-order valence-electron chi connectivity index (χ2n) is 4.73. The first-order chi connectivity index (χ1) is 11.7. The van der Waals surface area contributed by atoms with Gasteiger partial charge in [-0.25, -0.2) is 4.79 Å². The number of hydrogen-bond acceptors (Lipinski definition) is 7. The summed E-state index contributed by atoms with van der Waals surface area (Å²) in [6.45, 7) is 0. The zero-order valence-electron chi connectivity index (χ0n) is 13.1. The molecule has 1 aromatic heterocycles. The van der Waals surface area contributed by atoms with Crippen LogP contribution in [-0.4, -0.2) is 30.4 Å². The van der Waals surface area contributed by atoms with Gasteiger partial charge in [-0.1, -0.05) is 11.3 Å². The highest BCUT2D eigenvalue weighted by atomic mass is 32.1. The van der Waals surface area contributed by atoms with Crippen LogP contribution < -0.4 is 14.2 Å². The van der Waals surface area contributed by atoms with Crippen molar-refractivity contribution in [2.24, 2.45) is 0 Å². The van der Waals surface area contributed by atoms with Crippen molar-refractivity contribution in [1.29, 1.82) is 0 Å². The average Bonchev–Trinajstić information content (AvgIpc) is 3.16. The Morgan fingerprint density at radius 2 is 1.75 bits per heavy atom. The van der Waals surface area contributed by atoms with Crippen molar-refractivity contribution in [3.8, 4) is 27.8 Å². The van der Waals surface area contributed by atoms with E-state index in [0.717, 1.165) is 10.6 Å². The predicted molar refractivity (Wildman–Crippen MR) is 89.8 cm³/mol. The Hall–Kier alpha value is -2.93. The number of aromatic nitrogens is 2. The van der Waals surface area contributed by atoms with Gasteiger partial charge < -0.3 is 14.2 Å². The highest BCUT2D eigenvalue weighted by Gasteiger charge is 2.13. The zero-order valence-corrected chi connectivity index (χ0v) is 13.9. The second kappa shape index (κ2) is 7.10. The lowest BCUT2D eigenvalue weighted by Crippen LogP contribution is -2.08. The number of nitrogens with zero attached hydrogens (tertiary/aromatic N) is 2. The fraction of sp³-hybridized carbons (Fsp3) is 0.118. The first-order valence-electron chi connectivity index (χ1n) is 7.02. The lowest BCUT2D eigenvalue weighted by molar-refractivity contribution is 0.0734. The first-order valence-corrected chi connectivity index (χ1v) is 7.90. The van der Waals surface area contributed by atoms with Gasteiger partial charge in [-0.15, -0.1) is 10.2 Å². The molecule has 0 amide bonds. The molecule has 0 aliphatic rings. The van der Waals surface area contributed by atoms with Crippen molar-refractivity contribution in [1.82, 2.24) is 10.2 Å². The lowest BCUT2D eigenvalue weighted by atomic mass is 10.2. The number of carbonyl (C=O) groups excluding carboxylic acids is 1. The van der Waals surface area contributed by atoms with Crippen LogP contribution in [0.4, 0.5) is 0 Å². The molecule has 0 aliphatic heterocycles. The summed E-state index contributed by atoms with van der Waals surface area (Å²) in [6.07, 6.45) is 0. The molecule has 24 heavy (non-hydrogen) atoms. The largest absolute Gasteiger partial charge is 0.493 e. The van der Waals surface area contributed by atoms with Crippen LogP contribution in [0, 0.1) is 0 Å². The summed E-state index contributed by atoms with van der Waals surface area (Å²) in [5.74, 6) is 0.997. The fourth-order valence-corrected chi connectivity index (χ4v) is 2.65. The summed E-state index contributed by atoms with van der Waals surface area (Å²) in [6, 6.07) is 12.0. The Labute approximate surface area is 142 Å². The molecular formula is C17H14N2O4S. The third-order valence-electron chi connectivity index (χ3n) is 3.29. The molecular weight excluding hydrogens is 328 g/mol. The van der Waals surface area contributed by atoms with Crippen molar-refractivity contribution in [3.05, 3.63) is 53.5 Å². The fourth-order valence-electron chi connectivity index (χ4n) is 2.09. The molecule has 2 aromatic carbocycles. The average molecular weight is 342 g/mol. The molecule has 0 saturated heterocycles. The third kappa shape index (κ3) is 3.36. The van der Waals surface area contributed by atoms with Gasteiger partial charge in [0, 0.05) is 5.56 Å². The molecule has 0 atom stereocenters. The Morgan fingerprint density at radius 1 is 1.00 bits per heavy atom. The molecule has 0 unspecified atom stereocenters. The number of benzene rings is 2. The molecule has 0 saturated carbocycles. The van der Waals surface area contributed by atoms with Gasteiger partial charge in [0.05, 0.1) is 19.8 Å². The number of rotatable bonds is 5. The minimum absolute atomic E-state index is 0.376. The van der Waals surface area contributed by atoms with Gasteiger partial charge in [0.2, 0.25) is 0 Å². The summed E-state index contributed by atoms with van der Waals surface area (Å²) in [7, 11) is 3.05. The number of carbonyl (C=O) groups is 1. The van der Waals surface area contributed by atoms with Crippen LogP contribution in [0.15, 0.2) is 48.0 Å². The number of esters is 1. The highest BCUT2D eigenvalue weighted by Crippen LogP contribution is 2.28. The van der Waals surface area contributed by atoms with Crippen molar-refractivity contribution in [2.75, 3.05) is 14.2 Å². The molecule has 1 heterocycles. The maximum atomic E-state index is 12.3. The number of methoxy groups -OCH3 is 2. The van der Waals surface area contributed by atoms with Crippen LogP contribution in [0.3, 0.4) is 0 Å². The van der Waals surface area contributed by atoms with E-state index < -0.39 is 5.97 Å². The molecule has 3 rings (SSSR count). The van der Waals surface area contributed by atoms with Crippen molar-refractivity contribution in [3.63, 3.8) is 0 Å². The van der Waals surface area contributed by atoms with Gasteiger partial charge in [-0.2, -0.15) is 0 Å². The van der Waals surface area contributed by atoms with Crippen LogP contribution in [0.1, 0.15) is 10.4 Å². The van der Waals surface area contributed by atoms with Crippen molar-refractivity contribution < 1.29 is 19.0 Å². The standard InChI is InChI=1S/C17H14N2O4S/c1-21-14-8-5-12(9-15(14)22-2)17(20)23-13-6-3-11(4-7-13)16-19-18-10-24-16/h3-10H,1-2H3. The Bertz CT molecular complexity index is 832. The minimum Gasteiger partial charge on any atom is -0.493 e. The minimum atomic E-state index is -0.473. The topological polar surface area (TPSA) is 70.5 Å². The van der Waals surface area contributed by atoms with E-state index in [1.807, 2.05) is 12.1 Å². The van der Waals surface area contributed by atoms with E-state index in [-0.39, 0.29) is 0 Å². The molecule has 0 fully saturated rings. The van der Waals surface area contributed by atoms with Crippen LogP contribution >= 0.6 is 11.3 Å². The van der Waals surface area contributed by atoms with Gasteiger partial charge in [-0.3, -0.25) is 0 Å². The summed E-state index contributed by atoms with van der Waals surface area (Å²) in [5.41, 5.74) is 2.96. The summed E-state index contributed by atoms with van der Waals surface area (Å²) in [4.78, 5) is 12.3. The molecule has 0 N–H and O–H groups in total. The lowest BCUT2D eigenvalue weighted by Gasteiger charge is -2.09. The van der Waals surface area contributed by atoms with E-state index in [2.05, 4.69) is 10.2 Å². The van der Waals surface area contributed by atoms with E-state index >= 15 is 0 Å². The highest BCUT2D eigenvalue weighted by molar-refractivity contribution is 7.12. The summed E-state index contributed by atoms with van der Waals surface area (Å²) >= 11 is 1.44.